The highest BCUT2D eigenvalue weighted by Gasteiger charge is 2.38. The normalized spacial score (nSPS) is 21.9. The number of amides is 2. The van der Waals surface area contributed by atoms with Crippen LogP contribution in [0.2, 0.25) is 0 Å². The van der Waals surface area contributed by atoms with Gasteiger partial charge in [-0.15, -0.1) is 11.3 Å². The first-order chi connectivity index (χ1) is 16.4. The number of nitrogens with zero attached hydrogens (tertiary/aromatic N) is 3. The van der Waals surface area contributed by atoms with Gasteiger partial charge in [-0.25, -0.2) is 18.7 Å². The molecular weight excluding hydrogens is 497 g/mol. The number of alkyl halides is 5. The van der Waals surface area contributed by atoms with E-state index in [-0.39, 0.29) is 27.2 Å². The van der Waals surface area contributed by atoms with Crippen LogP contribution in [0.3, 0.4) is 0 Å². The van der Waals surface area contributed by atoms with Gasteiger partial charge < -0.3 is 20.6 Å². The Morgan fingerprint density at radius 3 is 2.63 bits per heavy atom. The third-order valence-corrected chi connectivity index (χ3v) is 6.88. The van der Waals surface area contributed by atoms with E-state index in [4.69, 9.17) is 0 Å². The molecule has 0 radical (unpaired) electrons. The number of anilines is 1. The van der Waals surface area contributed by atoms with Gasteiger partial charge in [0, 0.05) is 29.9 Å². The van der Waals surface area contributed by atoms with Crippen molar-refractivity contribution in [3.8, 4) is 10.4 Å². The molecule has 4 rings (SSSR count). The van der Waals surface area contributed by atoms with Crippen molar-refractivity contribution in [1.29, 1.82) is 0 Å². The lowest BCUT2D eigenvalue weighted by Gasteiger charge is -2.21. The van der Waals surface area contributed by atoms with Crippen molar-refractivity contribution in [2.45, 2.75) is 57.0 Å². The van der Waals surface area contributed by atoms with Crippen LogP contribution in [0, 0.1) is 0 Å². The molecule has 1 aliphatic heterocycles. The van der Waals surface area contributed by atoms with Gasteiger partial charge in [0.25, 0.3) is 18.2 Å². The SMILES string of the molecule is CC1CCCN1C(=O)c1nc(C(=O)NC2CC2O)sc1-c1cnc(NCC(F)(F)F)cc1C(F)F. The number of likely N-dealkylation sites (tertiary alicyclic amines) is 1. The van der Waals surface area contributed by atoms with Crippen LogP contribution in [-0.2, 0) is 0 Å². The molecule has 14 heteroatoms. The molecular formula is C21H22F5N5O3S. The second kappa shape index (κ2) is 9.64. The molecule has 2 amide bonds. The lowest BCUT2D eigenvalue weighted by molar-refractivity contribution is -0.115. The Morgan fingerprint density at radius 2 is 2.06 bits per heavy atom. The first kappa shape index (κ1) is 25.2. The zero-order valence-corrected chi connectivity index (χ0v) is 19.2. The zero-order valence-electron chi connectivity index (χ0n) is 18.4. The van der Waals surface area contributed by atoms with Crippen LogP contribution in [0.15, 0.2) is 12.3 Å². The summed E-state index contributed by atoms with van der Waals surface area (Å²) in [4.78, 5) is 35.4. The maximum atomic E-state index is 14.0. The first-order valence-corrected chi connectivity index (χ1v) is 11.7. The maximum Gasteiger partial charge on any atom is 0.405 e. The van der Waals surface area contributed by atoms with Gasteiger partial charge in [0.15, 0.2) is 5.01 Å². The molecule has 35 heavy (non-hydrogen) atoms. The van der Waals surface area contributed by atoms with E-state index in [1.807, 2.05) is 12.2 Å². The largest absolute Gasteiger partial charge is 0.405 e. The van der Waals surface area contributed by atoms with Crippen molar-refractivity contribution < 1.29 is 36.6 Å². The number of carbonyl (C=O) groups excluding carboxylic acids is 2. The number of rotatable bonds is 7. The Kier molecular flexibility index (Phi) is 6.95. The smallest absolute Gasteiger partial charge is 0.391 e. The number of hydrogen-bond donors (Lipinski definition) is 3. The minimum absolute atomic E-state index is 0.0271. The summed E-state index contributed by atoms with van der Waals surface area (Å²) in [6, 6.07) is 0.223. The molecule has 1 saturated carbocycles. The van der Waals surface area contributed by atoms with Crippen LogP contribution in [0.5, 0.6) is 0 Å². The third kappa shape index (κ3) is 5.69. The molecule has 1 saturated heterocycles. The summed E-state index contributed by atoms with van der Waals surface area (Å²) < 4.78 is 65.5. The third-order valence-electron chi connectivity index (χ3n) is 5.80. The average Bonchev–Trinajstić information content (AvgIpc) is 3.17. The van der Waals surface area contributed by atoms with Gasteiger partial charge >= 0.3 is 6.18 Å². The van der Waals surface area contributed by atoms with E-state index in [9.17, 15) is 36.6 Å². The second-order valence-corrected chi connectivity index (χ2v) is 9.49. The highest BCUT2D eigenvalue weighted by Crippen LogP contribution is 2.39. The van der Waals surface area contributed by atoms with Crippen molar-refractivity contribution >= 4 is 29.0 Å². The number of aromatic nitrogens is 2. The summed E-state index contributed by atoms with van der Waals surface area (Å²) in [5, 5.41) is 13.8. The van der Waals surface area contributed by atoms with Crippen LogP contribution < -0.4 is 10.6 Å². The minimum atomic E-state index is -4.58. The van der Waals surface area contributed by atoms with Gasteiger partial charge in [-0.3, -0.25) is 9.59 Å². The van der Waals surface area contributed by atoms with E-state index in [1.165, 1.54) is 0 Å². The standard InChI is InChI=1S/C21H22F5N5O3S/c1-9-3-2-4-31(9)20(34)15-16(35-19(30-15)18(33)29-12-6-13(12)32)11-7-27-14(5-10(11)17(22)23)28-8-21(24,25)26/h5,7,9,12-13,17,32H,2-4,6,8H2,1H3,(H,27,28)(H,29,33). The van der Waals surface area contributed by atoms with Gasteiger partial charge in [-0.05, 0) is 32.3 Å². The fourth-order valence-electron chi connectivity index (χ4n) is 3.81. The Bertz CT molecular complexity index is 1130. The van der Waals surface area contributed by atoms with E-state index in [1.54, 1.807) is 4.90 Å². The average molecular weight is 519 g/mol. The minimum Gasteiger partial charge on any atom is -0.391 e. The number of aliphatic hydroxyl groups is 1. The lowest BCUT2D eigenvalue weighted by Crippen LogP contribution is -2.34. The maximum absolute atomic E-state index is 14.0. The fourth-order valence-corrected chi connectivity index (χ4v) is 4.80. The van der Waals surface area contributed by atoms with Gasteiger partial charge in [0.1, 0.15) is 18.1 Å². The van der Waals surface area contributed by atoms with Gasteiger partial charge in [0.2, 0.25) is 0 Å². The number of thiazole rings is 1. The summed E-state index contributed by atoms with van der Waals surface area (Å²) >= 11 is 0.709. The molecule has 1 aliphatic carbocycles. The lowest BCUT2D eigenvalue weighted by atomic mass is 10.1. The van der Waals surface area contributed by atoms with Gasteiger partial charge in [0.05, 0.1) is 17.0 Å². The monoisotopic (exact) mass is 519 g/mol. The Morgan fingerprint density at radius 1 is 1.34 bits per heavy atom. The van der Waals surface area contributed by atoms with Crippen LogP contribution in [0.25, 0.3) is 10.4 Å². The number of pyridine rings is 1. The second-order valence-electron chi connectivity index (χ2n) is 8.50. The van der Waals surface area contributed by atoms with E-state index >= 15 is 0 Å². The summed E-state index contributed by atoms with van der Waals surface area (Å²) in [5.41, 5.74) is -1.05. The number of halogens is 5. The fraction of sp³-hybridized carbons (Fsp3) is 0.524. The first-order valence-electron chi connectivity index (χ1n) is 10.8. The van der Waals surface area contributed by atoms with E-state index in [0.717, 1.165) is 25.1 Å². The molecule has 3 N–H and O–H groups in total. The topological polar surface area (TPSA) is 107 Å². The molecule has 3 heterocycles. The van der Waals surface area contributed by atoms with Gasteiger partial charge in [-0.2, -0.15) is 13.2 Å². The Balaban J connectivity index is 1.73. The Labute approximate surface area is 200 Å². The molecule has 0 bridgehead atoms. The van der Waals surface area contributed by atoms with Crippen LogP contribution in [0.4, 0.5) is 27.8 Å². The molecule has 2 aromatic heterocycles. The van der Waals surface area contributed by atoms with E-state index in [2.05, 4.69) is 15.3 Å². The highest BCUT2D eigenvalue weighted by atomic mass is 32.1. The molecule has 2 aliphatic rings. The predicted octanol–water partition coefficient (Wildman–Crippen LogP) is 3.60. The Hall–Kier alpha value is -2.87. The molecule has 0 aromatic carbocycles. The summed E-state index contributed by atoms with van der Waals surface area (Å²) in [6.45, 7) is 0.815. The van der Waals surface area contributed by atoms with Crippen LogP contribution in [0.1, 0.15) is 58.5 Å². The number of carbonyl (C=O) groups is 2. The molecule has 3 unspecified atom stereocenters. The molecule has 0 spiro atoms. The quantitative estimate of drug-likeness (QED) is 0.483. The van der Waals surface area contributed by atoms with E-state index in [0.29, 0.717) is 24.3 Å². The van der Waals surface area contributed by atoms with Crippen molar-refractivity contribution in [2.24, 2.45) is 0 Å². The molecule has 2 aromatic rings. The van der Waals surface area contributed by atoms with Crippen molar-refractivity contribution in [3.05, 3.63) is 28.5 Å². The van der Waals surface area contributed by atoms with E-state index < -0.39 is 54.5 Å². The summed E-state index contributed by atoms with van der Waals surface area (Å²) in [5.74, 6) is -1.61. The summed E-state index contributed by atoms with van der Waals surface area (Å²) in [6.07, 6.45) is -5.54. The zero-order chi connectivity index (χ0) is 25.5. The number of nitrogens with one attached hydrogen (secondary N) is 2. The predicted molar refractivity (Wildman–Crippen MR) is 116 cm³/mol. The molecule has 190 valence electrons. The van der Waals surface area contributed by atoms with Crippen molar-refractivity contribution in [2.75, 3.05) is 18.4 Å². The van der Waals surface area contributed by atoms with Crippen molar-refractivity contribution in [1.82, 2.24) is 20.2 Å². The van der Waals surface area contributed by atoms with Crippen molar-refractivity contribution in [3.63, 3.8) is 0 Å². The molecule has 3 atom stereocenters. The molecule has 2 fully saturated rings. The summed E-state index contributed by atoms with van der Waals surface area (Å²) in [7, 11) is 0. The number of hydrogen-bond acceptors (Lipinski definition) is 7. The molecule has 8 nitrogen and oxygen atoms in total. The number of aliphatic hydroxyl groups excluding tert-OH is 1. The van der Waals surface area contributed by atoms with Crippen LogP contribution in [-0.4, -0.2) is 69.2 Å². The van der Waals surface area contributed by atoms with Crippen LogP contribution >= 0.6 is 11.3 Å². The van der Waals surface area contributed by atoms with Gasteiger partial charge in [-0.1, -0.05) is 0 Å². The highest BCUT2D eigenvalue weighted by molar-refractivity contribution is 7.17.